The van der Waals surface area contributed by atoms with Gasteiger partial charge in [0.1, 0.15) is 11.2 Å². The van der Waals surface area contributed by atoms with Crippen LogP contribution in [0.25, 0.3) is 98.8 Å². The summed E-state index contributed by atoms with van der Waals surface area (Å²) >= 11 is 0. The molecule has 9 aromatic carbocycles. The fourth-order valence-corrected chi connectivity index (χ4v) is 8.62. The Kier molecular flexibility index (Phi) is 4.64. The maximum atomic E-state index is 9.50. The minimum atomic E-state index is -0.422. The molecule has 1 aliphatic carbocycles. The first kappa shape index (κ1) is 22.4. The van der Waals surface area contributed by atoms with Gasteiger partial charge in [-0.3, -0.25) is 0 Å². The topological polar surface area (TPSA) is 13.1 Å². The molecule has 0 saturated heterocycles. The van der Waals surface area contributed by atoms with Crippen LogP contribution in [0.2, 0.25) is 0 Å². The molecule has 0 aliphatic heterocycles. The van der Waals surface area contributed by atoms with Gasteiger partial charge in [0, 0.05) is 16.2 Å². The van der Waals surface area contributed by atoms with Crippen LogP contribution in [-0.4, -0.2) is 0 Å². The van der Waals surface area contributed by atoms with Crippen molar-refractivity contribution in [1.29, 1.82) is 0 Å². The summed E-state index contributed by atoms with van der Waals surface area (Å²) in [6.45, 7) is 4.31. The number of hydrogen-bond acceptors (Lipinski definition) is 1. The number of furan rings is 1. The zero-order valence-electron chi connectivity index (χ0n) is 36.5. The minimum Gasteiger partial charge on any atom is -0.456 e. The van der Waals surface area contributed by atoms with Crippen LogP contribution in [0.1, 0.15) is 35.9 Å². The molecule has 0 bridgehead atoms. The third-order valence-electron chi connectivity index (χ3n) is 11.1. The molecule has 1 aromatic heterocycles. The summed E-state index contributed by atoms with van der Waals surface area (Å²) in [7, 11) is 0. The third kappa shape index (κ3) is 4.11. The molecule has 1 aliphatic rings. The minimum absolute atomic E-state index is 0.197. The molecule has 0 amide bonds. The van der Waals surface area contributed by atoms with Gasteiger partial charge in [0.05, 0.1) is 11.0 Å². The number of hydrogen-bond donors (Lipinski definition) is 0. The Balaban J connectivity index is 1.21. The van der Waals surface area contributed by atoms with Crippen LogP contribution in [0.5, 0.6) is 0 Å². The third-order valence-corrected chi connectivity index (χ3v) is 11.1. The lowest BCUT2D eigenvalue weighted by atomic mass is 9.80. The van der Waals surface area contributed by atoms with Crippen molar-refractivity contribution in [3.63, 3.8) is 0 Å². The van der Waals surface area contributed by atoms with Crippen molar-refractivity contribution < 1.29 is 15.4 Å². The zero-order valence-corrected chi connectivity index (χ0v) is 28.5. The summed E-state index contributed by atoms with van der Waals surface area (Å²) in [4.78, 5) is 0. The van der Waals surface area contributed by atoms with Crippen molar-refractivity contribution in [3.8, 4) is 44.5 Å². The van der Waals surface area contributed by atoms with Crippen LogP contribution < -0.4 is 0 Å². The smallest absolute Gasteiger partial charge is 0.136 e. The molecule has 1 nitrogen and oxygen atoms in total. The van der Waals surface area contributed by atoms with Gasteiger partial charge in [0.15, 0.2) is 0 Å². The summed E-state index contributed by atoms with van der Waals surface area (Å²) in [5.74, 6) is 0. The van der Waals surface area contributed by atoms with Crippen molar-refractivity contribution >= 4 is 54.3 Å². The Morgan fingerprint density at radius 1 is 0.423 bits per heavy atom. The molecular formula is C51H34O. The summed E-state index contributed by atoms with van der Waals surface area (Å²) in [5.41, 5.74) is 8.91. The highest BCUT2D eigenvalue weighted by Crippen LogP contribution is 2.54. The van der Waals surface area contributed by atoms with Crippen LogP contribution in [0.15, 0.2) is 174 Å². The van der Waals surface area contributed by atoms with E-state index < -0.39 is 29.6 Å². The van der Waals surface area contributed by atoms with Crippen LogP contribution in [0, 0.1) is 0 Å². The average Bonchev–Trinajstić information content (AvgIpc) is 3.74. The fraction of sp³-hybridized carbons (Fsp3) is 0.0588. The fourth-order valence-electron chi connectivity index (χ4n) is 8.62. The lowest BCUT2D eigenvalue weighted by molar-refractivity contribution is 0.660. The molecule has 244 valence electrons. The Morgan fingerprint density at radius 2 is 0.981 bits per heavy atom. The van der Waals surface area contributed by atoms with E-state index in [-0.39, 0.29) is 45.7 Å². The molecule has 11 rings (SSSR count). The van der Waals surface area contributed by atoms with Crippen molar-refractivity contribution in [3.05, 3.63) is 181 Å². The zero-order chi connectivity index (χ0) is 41.5. The summed E-state index contributed by atoms with van der Waals surface area (Å²) in [6, 6.07) is 37.3. The van der Waals surface area contributed by atoms with Gasteiger partial charge in [-0.1, -0.05) is 159 Å². The average molecular weight is 671 g/mol. The van der Waals surface area contributed by atoms with Gasteiger partial charge in [-0.15, -0.1) is 0 Å². The maximum Gasteiger partial charge on any atom is 0.136 e. The van der Waals surface area contributed by atoms with Gasteiger partial charge >= 0.3 is 0 Å². The Labute approximate surface area is 313 Å². The monoisotopic (exact) mass is 670 g/mol. The highest BCUT2D eigenvalue weighted by atomic mass is 16.3. The van der Waals surface area contributed by atoms with Gasteiger partial charge < -0.3 is 4.42 Å². The summed E-state index contributed by atoms with van der Waals surface area (Å²) in [6.07, 6.45) is 0. The molecule has 52 heavy (non-hydrogen) atoms. The number of rotatable bonds is 3. The first-order chi connectivity index (χ1) is 28.9. The first-order valence-electron chi connectivity index (χ1n) is 21.5. The van der Waals surface area contributed by atoms with Crippen molar-refractivity contribution in [2.45, 2.75) is 19.3 Å². The van der Waals surface area contributed by atoms with E-state index in [0.29, 0.717) is 22.3 Å². The predicted molar refractivity (Wildman–Crippen MR) is 220 cm³/mol. The van der Waals surface area contributed by atoms with E-state index in [1.807, 2.05) is 78.9 Å². The second-order valence-corrected chi connectivity index (χ2v) is 14.2. The number of fused-ring (bicyclic) bond motifs is 9. The molecule has 0 radical (unpaired) electrons. The molecule has 0 unspecified atom stereocenters. The van der Waals surface area contributed by atoms with E-state index in [1.165, 1.54) is 0 Å². The van der Waals surface area contributed by atoms with Crippen LogP contribution in [0.4, 0.5) is 0 Å². The van der Waals surface area contributed by atoms with Crippen LogP contribution >= 0.6 is 0 Å². The van der Waals surface area contributed by atoms with E-state index >= 15 is 0 Å². The van der Waals surface area contributed by atoms with E-state index in [2.05, 4.69) is 56.3 Å². The van der Waals surface area contributed by atoms with E-state index in [4.69, 9.17) is 9.90 Å². The Morgan fingerprint density at radius 3 is 1.71 bits per heavy atom. The van der Waals surface area contributed by atoms with Gasteiger partial charge in [-0.2, -0.15) is 0 Å². The molecule has 0 atom stereocenters. The standard InChI is InChI=1S/C51H34O/c1-51(2)44-20-10-9-18-40(44)50-41(19-11-21-45(50)51)49-38-16-7-5-14-36(38)48(37-15-6-8-17-39(37)49)32-24-22-31(23-25-32)35-26-27-46-42(29-35)43-28-33-12-3-4-13-34(33)30-47(43)52-46/h3-30H,1-2H3/i5D,6D,7D,8D,14D,15D,16D,17D. The quantitative estimate of drug-likeness (QED) is 0.171. The molecule has 10 aromatic rings. The summed E-state index contributed by atoms with van der Waals surface area (Å²) < 4.78 is 79.8. The molecular weight excluding hydrogens is 629 g/mol. The molecule has 0 saturated carbocycles. The van der Waals surface area contributed by atoms with Gasteiger partial charge in [0.2, 0.25) is 0 Å². The SMILES string of the molecule is [2H]c1c([2H])c([2H])c2c(-c3cccc4c3-c3ccccc3C4(C)C)c3c([2H])c([2H])c([2H])c([2H])c3c(-c3ccc(-c4ccc5oc6cc7ccccc7cc6c5c4)cc3)c2c1[2H]. The summed E-state index contributed by atoms with van der Waals surface area (Å²) in [5, 5.41) is 5.02. The van der Waals surface area contributed by atoms with Crippen molar-refractivity contribution in [1.82, 2.24) is 0 Å². The van der Waals surface area contributed by atoms with Gasteiger partial charge in [-0.25, -0.2) is 0 Å². The van der Waals surface area contributed by atoms with Crippen LogP contribution in [0.3, 0.4) is 0 Å². The first-order valence-corrected chi connectivity index (χ1v) is 17.5. The largest absolute Gasteiger partial charge is 0.456 e. The Hall–Kier alpha value is -6.44. The predicted octanol–water partition coefficient (Wildman–Crippen LogP) is 14.4. The van der Waals surface area contributed by atoms with Crippen molar-refractivity contribution in [2.24, 2.45) is 0 Å². The lowest BCUT2D eigenvalue weighted by Crippen LogP contribution is -2.14. The van der Waals surface area contributed by atoms with E-state index in [0.717, 1.165) is 66.1 Å². The molecule has 0 spiro atoms. The molecule has 1 heteroatoms. The highest BCUT2D eigenvalue weighted by Gasteiger charge is 2.37. The van der Waals surface area contributed by atoms with E-state index in [1.54, 1.807) is 0 Å². The molecule has 0 fully saturated rings. The second kappa shape index (κ2) is 10.8. The van der Waals surface area contributed by atoms with Crippen molar-refractivity contribution in [2.75, 3.05) is 0 Å². The van der Waals surface area contributed by atoms with Crippen LogP contribution in [-0.2, 0) is 5.41 Å². The molecule has 0 N–H and O–H groups in total. The van der Waals surface area contributed by atoms with Gasteiger partial charge in [-0.05, 0) is 112 Å². The lowest BCUT2D eigenvalue weighted by Gasteiger charge is -2.22. The normalized spacial score (nSPS) is 15.5. The Bertz CT molecular complexity index is 3470. The van der Waals surface area contributed by atoms with E-state index in [9.17, 15) is 5.48 Å². The second-order valence-electron chi connectivity index (χ2n) is 14.2. The van der Waals surface area contributed by atoms with Gasteiger partial charge in [0.25, 0.3) is 0 Å². The maximum absolute atomic E-state index is 9.50. The molecule has 1 heterocycles. The highest BCUT2D eigenvalue weighted by molar-refractivity contribution is 6.23. The number of benzene rings is 9.